The molecule has 1 saturated heterocycles. The Morgan fingerprint density at radius 2 is 1.71 bits per heavy atom. The zero-order valence-electron chi connectivity index (χ0n) is 21.1. The van der Waals surface area contributed by atoms with E-state index in [9.17, 15) is 14.4 Å². The predicted molar refractivity (Wildman–Crippen MR) is 152 cm³/mol. The summed E-state index contributed by atoms with van der Waals surface area (Å²) in [4.78, 5) is 39.2. The molecule has 1 heterocycles. The summed E-state index contributed by atoms with van der Waals surface area (Å²) in [5.41, 5.74) is 4.43. The number of nitrogens with one attached hydrogen (secondary N) is 1. The van der Waals surface area contributed by atoms with E-state index in [-0.39, 0.29) is 11.4 Å². The average Bonchev–Trinajstić information content (AvgIpc) is 3.17. The van der Waals surface area contributed by atoms with Crippen LogP contribution >= 0.6 is 11.8 Å². The standard InChI is InChI=1S/C31H26N2O4S/c1-20-10-11-21(2)27(16-20)32-29(34)18-33-30(35)28(38-31(33)36)17-22-12-14-25(15-13-22)37-19-24-8-5-7-23-6-3-4-9-26(23)24/h3-17H,18-19H2,1-2H3,(H,32,34)/b28-17+. The fraction of sp³-hybridized carbons (Fsp3) is 0.129. The average molecular weight is 523 g/mol. The van der Waals surface area contributed by atoms with E-state index in [4.69, 9.17) is 4.74 Å². The van der Waals surface area contributed by atoms with Gasteiger partial charge in [0.2, 0.25) is 5.91 Å². The van der Waals surface area contributed by atoms with Gasteiger partial charge in [-0.25, -0.2) is 0 Å². The molecule has 1 fully saturated rings. The minimum absolute atomic E-state index is 0.277. The molecular formula is C31H26N2O4S. The minimum atomic E-state index is -0.479. The van der Waals surface area contributed by atoms with Gasteiger partial charge >= 0.3 is 0 Å². The van der Waals surface area contributed by atoms with Gasteiger partial charge in [-0.05, 0) is 82.9 Å². The molecule has 0 radical (unpaired) electrons. The van der Waals surface area contributed by atoms with Crippen LogP contribution in [0.4, 0.5) is 10.5 Å². The van der Waals surface area contributed by atoms with Crippen LogP contribution in [0.2, 0.25) is 0 Å². The number of aryl methyl sites for hydroxylation is 2. The molecule has 4 aromatic rings. The summed E-state index contributed by atoms with van der Waals surface area (Å²) < 4.78 is 5.99. The van der Waals surface area contributed by atoms with Crippen LogP contribution in [0.3, 0.4) is 0 Å². The summed E-state index contributed by atoms with van der Waals surface area (Å²) in [7, 11) is 0. The Bertz CT molecular complexity index is 1570. The second-order valence-corrected chi connectivity index (χ2v) is 10.1. The van der Waals surface area contributed by atoms with Crippen molar-refractivity contribution in [3.05, 3.63) is 112 Å². The van der Waals surface area contributed by atoms with Crippen LogP contribution in [0.25, 0.3) is 16.8 Å². The van der Waals surface area contributed by atoms with Crippen molar-refractivity contribution in [3.8, 4) is 5.75 Å². The van der Waals surface area contributed by atoms with Gasteiger partial charge < -0.3 is 10.1 Å². The molecule has 0 atom stereocenters. The number of rotatable bonds is 7. The molecule has 3 amide bonds. The van der Waals surface area contributed by atoms with Crippen molar-refractivity contribution in [2.75, 3.05) is 11.9 Å². The van der Waals surface area contributed by atoms with Gasteiger partial charge in [0.05, 0.1) is 4.91 Å². The van der Waals surface area contributed by atoms with Gasteiger partial charge in [0.15, 0.2) is 0 Å². The van der Waals surface area contributed by atoms with Gasteiger partial charge in [0.25, 0.3) is 11.1 Å². The van der Waals surface area contributed by atoms with E-state index in [2.05, 4.69) is 29.6 Å². The second kappa shape index (κ2) is 10.9. The number of hydrogen-bond acceptors (Lipinski definition) is 5. The third-order valence-electron chi connectivity index (χ3n) is 6.29. The first-order valence-corrected chi connectivity index (χ1v) is 13.0. The van der Waals surface area contributed by atoms with Crippen LogP contribution in [0.5, 0.6) is 5.75 Å². The number of imide groups is 1. The Morgan fingerprint density at radius 1 is 0.947 bits per heavy atom. The lowest BCUT2D eigenvalue weighted by Gasteiger charge is -2.14. The summed E-state index contributed by atoms with van der Waals surface area (Å²) in [6.07, 6.45) is 1.65. The number of carbonyl (C=O) groups excluding carboxylic acids is 3. The molecule has 0 saturated carbocycles. The maximum Gasteiger partial charge on any atom is 0.294 e. The summed E-state index contributed by atoms with van der Waals surface area (Å²) in [5, 5.41) is 4.65. The molecule has 7 heteroatoms. The van der Waals surface area contributed by atoms with E-state index in [1.54, 1.807) is 6.08 Å². The van der Waals surface area contributed by atoms with Crippen LogP contribution in [-0.4, -0.2) is 28.5 Å². The molecule has 0 aliphatic carbocycles. The Morgan fingerprint density at radius 3 is 2.53 bits per heavy atom. The summed E-state index contributed by atoms with van der Waals surface area (Å²) in [5.74, 6) is -0.200. The molecule has 1 aliphatic heterocycles. The zero-order valence-corrected chi connectivity index (χ0v) is 21.9. The zero-order chi connectivity index (χ0) is 26.6. The fourth-order valence-electron chi connectivity index (χ4n) is 4.23. The molecule has 0 bridgehead atoms. The summed E-state index contributed by atoms with van der Waals surface area (Å²) in [6.45, 7) is 3.91. The van der Waals surface area contributed by atoms with Gasteiger partial charge in [-0.2, -0.15) is 0 Å². The largest absolute Gasteiger partial charge is 0.489 e. The quantitative estimate of drug-likeness (QED) is 0.273. The molecule has 1 aliphatic rings. The first kappa shape index (κ1) is 25.3. The highest BCUT2D eigenvalue weighted by atomic mass is 32.2. The third kappa shape index (κ3) is 5.63. The Labute approximate surface area is 225 Å². The van der Waals surface area contributed by atoms with Gasteiger partial charge in [0, 0.05) is 5.69 Å². The van der Waals surface area contributed by atoms with Crippen LogP contribution in [0, 0.1) is 13.8 Å². The molecule has 0 spiro atoms. The van der Waals surface area contributed by atoms with Crippen molar-refractivity contribution in [1.29, 1.82) is 0 Å². The van der Waals surface area contributed by atoms with Gasteiger partial charge in [-0.1, -0.05) is 66.7 Å². The van der Waals surface area contributed by atoms with Gasteiger partial charge in [0.1, 0.15) is 18.9 Å². The van der Waals surface area contributed by atoms with Gasteiger partial charge in [-0.15, -0.1) is 0 Å². The molecule has 38 heavy (non-hydrogen) atoms. The molecule has 6 nitrogen and oxygen atoms in total. The number of carbonyl (C=O) groups is 3. The van der Waals surface area contributed by atoms with Crippen molar-refractivity contribution >= 4 is 51.4 Å². The lowest BCUT2D eigenvalue weighted by molar-refractivity contribution is -0.127. The van der Waals surface area contributed by atoms with Crippen molar-refractivity contribution in [2.45, 2.75) is 20.5 Å². The maximum absolute atomic E-state index is 12.9. The van der Waals surface area contributed by atoms with Crippen molar-refractivity contribution < 1.29 is 19.1 Å². The topological polar surface area (TPSA) is 75.7 Å². The summed E-state index contributed by atoms with van der Waals surface area (Å²) in [6, 6.07) is 27.4. The van der Waals surface area contributed by atoms with Crippen molar-refractivity contribution in [3.63, 3.8) is 0 Å². The monoisotopic (exact) mass is 522 g/mol. The van der Waals surface area contributed by atoms with Crippen LogP contribution in [0.1, 0.15) is 22.3 Å². The highest BCUT2D eigenvalue weighted by molar-refractivity contribution is 8.18. The molecule has 0 aromatic heterocycles. The van der Waals surface area contributed by atoms with E-state index in [0.29, 0.717) is 18.0 Å². The fourth-order valence-corrected chi connectivity index (χ4v) is 5.07. The number of ether oxygens (including phenoxy) is 1. The lowest BCUT2D eigenvalue weighted by atomic mass is 10.1. The van der Waals surface area contributed by atoms with E-state index < -0.39 is 17.1 Å². The SMILES string of the molecule is Cc1ccc(C)c(NC(=O)CN2C(=O)S/C(=C/c3ccc(OCc4cccc5ccccc45)cc3)C2=O)c1. The molecule has 1 N–H and O–H groups in total. The first-order valence-electron chi connectivity index (χ1n) is 12.2. The molecule has 4 aromatic carbocycles. The molecule has 190 valence electrons. The normalized spacial score (nSPS) is 14.4. The molecular weight excluding hydrogens is 496 g/mol. The van der Waals surface area contributed by atoms with Crippen LogP contribution < -0.4 is 10.1 Å². The van der Waals surface area contributed by atoms with E-state index in [0.717, 1.165) is 44.3 Å². The number of thioether (sulfide) groups is 1. The molecule has 5 rings (SSSR count). The number of nitrogens with zero attached hydrogens (tertiary/aromatic N) is 1. The summed E-state index contributed by atoms with van der Waals surface area (Å²) >= 11 is 0.831. The highest BCUT2D eigenvalue weighted by Crippen LogP contribution is 2.32. The lowest BCUT2D eigenvalue weighted by Crippen LogP contribution is -2.36. The Hall–Kier alpha value is -4.36. The smallest absolute Gasteiger partial charge is 0.294 e. The number of amides is 3. The third-order valence-corrected chi connectivity index (χ3v) is 7.20. The Kier molecular flexibility index (Phi) is 7.29. The molecule has 0 unspecified atom stereocenters. The van der Waals surface area contributed by atoms with E-state index in [1.165, 1.54) is 5.39 Å². The predicted octanol–water partition coefficient (Wildman–Crippen LogP) is 6.71. The number of anilines is 1. The van der Waals surface area contributed by atoms with Gasteiger partial charge in [-0.3, -0.25) is 19.3 Å². The van der Waals surface area contributed by atoms with E-state index >= 15 is 0 Å². The number of hydrogen-bond donors (Lipinski definition) is 1. The number of benzene rings is 4. The Balaban J connectivity index is 1.21. The maximum atomic E-state index is 12.9. The van der Waals surface area contributed by atoms with Crippen molar-refractivity contribution in [2.24, 2.45) is 0 Å². The number of fused-ring (bicyclic) bond motifs is 1. The van der Waals surface area contributed by atoms with Crippen LogP contribution in [0.15, 0.2) is 89.8 Å². The first-order chi connectivity index (χ1) is 18.4. The minimum Gasteiger partial charge on any atom is -0.489 e. The van der Waals surface area contributed by atoms with Crippen molar-refractivity contribution in [1.82, 2.24) is 4.90 Å². The van der Waals surface area contributed by atoms with E-state index in [1.807, 2.05) is 74.5 Å². The second-order valence-electron chi connectivity index (χ2n) is 9.13. The van der Waals surface area contributed by atoms with Crippen LogP contribution in [-0.2, 0) is 16.2 Å². The highest BCUT2D eigenvalue weighted by Gasteiger charge is 2.36.